The predicted molar refractivity (Wildman–Crippen MR) is 40.4 cm³/mol. The summed E-state index contributed by atoms with van der Waals surface area (Å²) >= 11 is 5.18. The monoisotopic (exact) mass is 170 g/mol. The maximum atomic E-state index is 8.52. The quantitative estimate of drug-likeness (QED) is 0.646. The number of halogens is 1. The first-order valence-corrected chi connectivity index (χ1v) is 4.81. The molecule has 0 aliphatic rings. The van der Waals surface area contributed by atoms with Crippen molar-refractivity contribution >= 4 is 19.0 Å². The Morgan fingerprint density at radius 1 is 1.56 bits per heavy atom. The van der Waals surface area contributed by atoms with E-state index in [1.165, 1.54) is 0 Å². The zero-order chi connectivity index (χ0) is 7.49. The Labute approximate surface area is 61.9 Å². The van der Waals surface area contributed by atoms with Crippen molar-refractivity contribution in [2.45, 2.75) is 20.8 Å². The maximum absolute atomic E-state index is 8.52. The molecule has 0 aromatic carbocycles. The fourth-order valence-electron chi connectivity index (χ4n) is 0.247. The molecule has 9 heavy (non-hydrogen) atoms. The number of hydrogen-bond acceptors (Lipinski definition) is 2. The molecule has 0 aromatic rings. The molecule has 56 valence electrons. The van der Waals surface area contributed by atoms with Gasteiger partial charge in [-0.1, -0.05) is 20.8 Å². The summed E-state index contributed by atoms with van der Waals surface area (Å²) in [5, 5.41) is 0. The smallest absolute Gasteiger partial charge is 0.274 e. The van der Waals surface area contributed by atoms with E-state index in [0.717, 1.165) is 0 Å². The van der Waals surface area contributed by atoms with Gasteiger partial charge in [0.2, 0.25) is 0 Å². The lowest BCUT2D eigenvalue weighted by Gasteiger charge is -2.17. The molecule has 0 aromatic heterocycles. The highest BCUT2D eigenvalue weighted by Crippen LogP contribution is 2.38. The van der Waals surface area contributed by atoms with Crippen LogP contribution in [0.25, 0.3) is 0 Å². The van der Waals surface area contributed by atoms with Gasteiger partial charge < -0.3 is 9.42 Å². The summed E-state index contributed by atoms with van der Waals surface area (Å²) in [5.74, 6) is 0. The number of hydrogen-bond donors (Lipinski definition) is 1. The van der Waals surface area contributed by atoms with Crippen molar-refractivity contribution in [3.05, 3.63) is 0 Å². The van der Waals surface area contributed by atoms with Crippen molar-refractivity contribution in [1.29, 1.82) is 0 Å². The first-order chi connectivity index (χ1) is 3.92. The summed E-state index contributed by atoms with van der Waals surface area (Å²) in [7, 11) is -1.69. The van der Waals surface area contributed by atoms with E-state index in [-0.39, 0.29) is 5.41 Å². The van der Waals surface area contributed by atoms with E-state index in [9.17, 15) is 0 Å². The lowest BCUT2D eigenvalue weighted by molar-refractivity contribution is 0.203. The first kappa shape index (κ1) is 9.64. The Morgan fingerprint density at radius 3 is 2.11 bits per heavy atom. The third-order valence-corrected chi connectivity index (χ3v) is 1.24. The molecule has 0 amide bonds. The molecule has 0 saturated heterocycles. The molecule has 0 spiro atoms. The molecule has 0 heterocycles. The van der Waals surface area contributed by atoms with Crippen LogP contribution in [-0.4, -0.2) is 11.5 Å². The van der Waals surface area contributed by atoms with Crippen LogP contribution in [0.2, 0.25) is 0 Å². The highest BCUT2D eigenvalue weighted by atomic mass is 35.7. The van der Waals surface area contributed by atoms with Gasteiger partial charge in [0.15, 0.2) is 0 Å². The van der Waals surface area contributed by atoms with Crippen LogP contribution in [-0.2, 0) is 4.52 Å². The zero-order valence-corrected chi connectivity index (χ0v) is 7.54. The van der Waals surface area contributed by atoms with Crippen LogP contribution >= 0.6 is 19.0 Å². The fourth-order valence-corrected chi connectivity index (χ4v) is 0.887. The Bertz CT molecular complexity index is 79.5. The molecule has 0 rings (SSSR count). The molecule has 0 saturated carbocycles. The molecule has 2 nitrogen and oxygen atoms in total. The van der Waals surface area contributed by atoms with Crippen molar-refractivity contribution < 1.29 is 9.42 Å². The molecule has 0 aliphatic heterocycles. The normalized spacial score (nSPS) is 15.7. The van der Waals surface area contributed by atoms with E-state index < -0.39 is 7.73 Å². The minimum absolute atomic E-state index is 0.0816. The Hall–Kier alpha value is 0.640. The lowest BCUT2D eigenvalue weighted by atomic mass is 9.99. The van der Waals surface area contributed by atoms with Gasteiger partial charge in [0, 0.05) is 0 Å². The first-order valence-electron chi connectivity index (χ1n) is 2.69. The highest BCUT2D eigenvalue weighted by Gasteiger charge is 2.12. The lowest BCUT2D eigenvalue weighted by Crippen LogP contribution is -2.11. The third-order valence-electron chi connectivity index (χ3n) is 0.604. The predicted octanol–water partition coefficient (Wildman–Crippen LogP) is 2.51. The van der Waals surface area contributed by atoms with Crippen molar-refractivity contribution in [1.82, 2.24) is 0 Å². The summed E-state index contributed by atoms with van der Waals surface area (Å²) in [6, 6.07) is 0. The summed E-state index contributed by atoms with van der Waals surface area (Å²) in [4.78, 5) is 8.52. The Kier molecular flexibility index (Phi) is 3.99. The van der Waals surface area contributed by atoms with Crippen molar-refractivity contribution in [3.63, 3.8) is 0 Å². The summed E-state index contributed by atoms with van der Waals surface area (Å²) in [5.41, 5.74) is 0.0816. The molecule has 0 bridgehead atoms. The second-order valence-corrected chi connectivity index (χ2v) is 4.64. The molecule has 1 atom stereocenters. The topological polar surface area (TPSA) is 29.5 Å². The standard InChI is InChI=1S/C5H12ClO2P/c1-5(2,3)4-8-9(6)7/h7H,4H2,1-3H3. The summed E-state index contributed by atoms with van der Waals surface area (Å²) in [6.45, 7) is 6.55. The van der Waals surface area contributed by atoms with Crippen molar-refractivity contribution in [2.75, 3.05) is 6.61 Å². The molecule has 1 N–H and O–H groups in total. The Balaban J connectivity index is 3.28. The van der Waals surface area contributed by atoms with E-state index in [0.29, 0.717) is 6.61 Å². The van der Waals surface area contributed by atoms with Crippen molar-refractivity contribution in [2.24, 2.45) is 5.41 Å². The fraction of sp³-hybridized carbons (Fsp3) is 1.00. The van der Waals surface area contributed by atoms with Gasteiger partial charge in [-0.15, -0.1) is 0 Å². The van der Waals surface area contributed by atoms with Gasteiger partial charge in [0.25, 0.3) is 7.73 Å². The van der Waals surface area contributed by atoms with Crippen LogP contribution in [0.1, 0.15) is 20.8 Å². The van der Waals surface area contributed by atoms with Crippen LogP contribution in [0.4, 0.5) is 0 Å². The minimum atomic E-state index is -1.69. The highest BCUT2D eigenvalue weighted by molar-refractivity contribution is 7.75. The van der Waals surface area contributed by atoms with Crippen LogP contribution < -0.4 is 0 Å². The van der Waals surface area contributed by atoms with E-state index in [2.05, 4.69) is 0 Å². The van der Waals surface area contributed by atoms with Gasteiger partial charge >= 0.3 is 0 Å². The van der Waals surface area contributed by atoms with Gasteiger partial charge in [-0.3, -0.25) is 0 Å². The van der Waals surface area contributed by atoms with E-state index in [1.807, 2.05) is 20.8 Å². The van der Waals surface area contributed by atoms with Crippen LogP contribution in [0, 0.1) is 5.41 Å². The molecular weight excluding hydrogens is 158 g/mol. The number of rotatable bonds is 2. The Morgan fingerprint density at radius 2 is 2.00 bits per heavy atom. The van der Waals surface area contributed by atoms with Gasteiger partial charge in [0.1, 0.15) is 0 Å². The van der Waals surface area contributed by atoms with E-state index >= 15 is 0 Å². The third kappa shape index (κ3) is 8.64. The van der Waals surface area contributed by atoms with Crippen LogP contribution in [0.3, 0.4) is 0 Å². The maximum Gasteiger partial charge on any atom is 0.274 e. The average molecular weight is 171 g/mol. The summed E-state index contributed by atoms with van der Waals surface area (Å²) in [6.07, 6.45) is 0. The molecule has 4 heteroatoms. The zero-order valence-electron chi connectivity index (χ0n) is 5.89. The second kappa shape index (κ2) is 3.72. The van der Waals surface area contributed by atoms with Gasteiger partial charge in [-0.25, -0.2) is 0 Å². The van der Waals surface area contributed by atoms with Gasteiger partial charge in [-0.05, 0) is 16.7 Å². The molecule has 0 aliphatic carbocycles. The minimum Gasteiger partial charge on any atom is -0.338 e. The van der Waals surface area contributed by atoms with Gasteiger partial charge in [0.05, 0.1) is 6.61 Å². The molecule has 0 radical (unpaired) electrons. The van der Waals surface area contributed by atoms with E-state index in [4.69, 9.17) is 20.7 Å². The molecular formula is C5H12ClO2P. The van der Waals surface area contributed by atoms with Crippen LogP contribution in [0.15, 0.2) is 0 Å². The summed E-state index contributed by atoms with van der Waals surface area (Å²) < 4.78 is 4.79. The largest absolute Gasteiger partial charge is 0.338 e. The SMILES string of the molecule is CC(C)(C)COP(O)Cl. The van der Waals surface area contributed by atoms with Crippen LogP contribution in [0.5, 0.6) is 0 Å². The molecule has 1 unspecified atom stereocenters. The average Bonchev–Trinajstić information content (AvgIpc) is 1.59. The van der Waals surface area contributed by atoms with E-state index in [1.54, 1.807) is 0 Å². The second-order valence-electron chi connectivity index (χ2n) is 3.06. The van der Waals surface area contributed by atoms with Crippen molar-refractivity contribution in [3.8, 4) is 0 Å². The molecule has 0 fully saturated rings. The van der Waals surface area contributed by atoms with Gasteiger partial charge in [-0.2, -0.15) is 0 Å².